The van der Waals surface area contributed by atoms with Gasteiger partial charge in [0.2, 0.25) is 5.91 Å². The zero-order chi connectivity index (χ0) is 11.3. The van der Waals surface area contributed by atoms with Crippen LogP contribution < -0.4 is 0 Å². The van der Waals surface area contributed by atoms with Crippen LogP contribution >= 0.6 is 24.0 Å². The maximum Gasteiger partial charge on any atom is 0.223 e. The number of hydrogen-bond acceptors (Lipinski definition) is 3. The van der Waals surface area contributed by atoms with E-state index >= 15 is 0 Å². The molecule has 0 spiro atoms. The third-order valence-corrected chi connectivity index (χ3v) is 4.15. The number of thioether (sulfide) groups is 1. The van der Waals surface area contributed by atoms with Gasteiger partial charge in [-0.15, -0.1) is 0 Å². The lowest BCUT2D eigenvalue weighted by Crippen LogP contribution is -2.31. The summed E-state index contributed by atoms with van der Waals surface area (Å²) in [5, 5.41) is 0. The van der Waals surface area contributed by atoms with Crippen molar-refractivity contribution in [1.82, 2.24) is 9.80 Å². The zero-order valence-electron chi connectivity index (χ0n) is 9.36. The predicted molar refractivity (Wildman–Crippen MR) is 68.9 cm³/mol. The van der Waals surface area contributed by atoms with E-state index in [1.54, 1.807) is 11.8 Å². The molecule has 0 radical (unpaired) electrons. The van der Waals surface area contributed by atoms with E-state index in [4.69, 9.17) is 12.2 Å². The molecule has 86 valence electrons. The fourth-order valence-corrected chi connectivity index (χ4v) is 2.39. The molecule has 0 bridgehead atoms. The minimum atomic E-state index is 0.279. The van der Waals surface area contributed by atoms with Gasteiger partial charge in [0.05, 0.1) is 5.88 Å². The number of likely N-dealkylation sites (tertiary alicyclic amines) is 1. The molecule has 0 unspecified atom stereocenters. The molecule has 0 aliphatic carbocycles. The van der Waals surface area contributed by atoms with Crippen molar-refractivity contribution >= 4 is 34.2 Å². The van der Waals surface area contributed by atoms with Gasteiger partial charge >= 0.3 is 0 Å². The molecule has 1 rings (SSSR count). The lowest BCUT2D eigenvalue weighted by atomic mass is 10.2. The molecule has 1 amide bonds. The fourth-order valence-electron chi connectivity index (χ4n) is 1.44. The van der Waals surface area contributed by atoms with E-state index in [-0.39, 0.29) is 5.91 Å². The highest BCUT2D eigenvalue weighted by atomic mass is 32.2. The van der Waals surface area contributed by atoms with Crippen LogP contribution in [0.5, 0.6) is 0 Å². The Balaban J connectivity index is 2.35. The van der Waals surface area contributed by atoms with Crippen molar-refractivity contribution < 1.29 is 4.79 Å². The molecule has 1 aliphatic heterocycles. The van der Waals surface area contributed by atoms with Crippen LogP contribution in [0.25, 0.3) is 0 Å². The SMILES string of the molecule is CN(C)C(=S)SCN1CCCCCC1=O. The Bertz CT molecular complexity index is 244. The normalized spacial score (nSPS) is 17.5. The van der Waals surface area contributed by atoms with E-state index in [0.29, 0.717) is 12.3 Å². The largest absolute Gasteiger partial charge is 0.364 e. The number of thiocarbonyl (C=S) groups is 1. The number of nitrogens with zero attached hydrogens (tertiary/aromatic N) is 2. The van der Waals surface area contributed by atoms with Crippen molar-refractivity contribution in [1.29, 1.82) is 0 Å². The van der Waals surface area contributed by atoms with E-state index in [1.165, 1.54) is 6.42 Å². The van der Waals surface area contributed by atoms with Crippen LogP contribution in [0.3, 0.4) is 0 Å². The molecule has 3 nitrogen and oxygen atoms in total. The molecule has 0 atom stereocenters. The Morgan fingerprint density at radius 3 is 2.87 bits per heavy atom. The third kappa shape index (κ3) is 4.38. The van der Waals surface area contributed by atoms with Crippen LogP contribution in [0.2, 0.25) is 0 Å². The Kier molecular flexibility index (Phi) is 5.39. The molecule has 0 saturated carbocycles. The van der Waals surface area contributed by atoms with Gasteiger partial charge in [0.1, 0.15) is 4.32 Å². The summed E-state index contributed by atoms with van der Waals surface area (Å²) in [6, 6.07) is 0. The lowest BCUT2D eigenvalue weighted by Gasteiger charge is -2.21. The van der Waals surface area contributed by atoms with Gasteiger partial charge in [0, 0.05) is 27.1 Å². The summed E-state index contributed by atoms with van der Waals surface area (Å²) < 4.78 is 0.840. The van der Waals surface area contributed by atoms with E-state index in [0.717, 1.165) is 23.7 Å². The van der Waals surface area contributed by atoms with Crippen molar-refractivity contribution in [2.45, 2.75) is 25.7 Å². The lowest BCUT2D eigenvalue weighted by molar-refractivity contribution is -0.129. The zero-order valence-corrected chi connectivity index (χ0v) is 11.0. The molecular weight excluding hydrogens is 228 g/mol. The van der Waals surface area contributed by atoms with Gasteiger partial charge in [-0.25, -0.2) is 0 Å². The fraction of sp³-hybridized carbons (Fsp3) is 0.800. The Morgan fingerprint density at radius 2 is 2.20 bits per heavy atom. The van der Waals surface area contributed by atoms with E-state index in [9.17, 15) is 4.79 Å². The van der Waals surface area contributed by atoms with E-state index in [2.05, 4.69) is 0 Å². The first-order valence-corrected chi connectivity index (χ1v) is 6.62. The Labute approximate surface area is 101 Å². The van der Waals surface area contributed by atoms with Crippen molar-refractivity contribution in [3.05, 3.63) is 0 Å². The quantitative estimate of drug-likeness (QED) is 0.695. The minimum Gasteiger partial charge on any atom is -0.364 e. The van der Waals surface area contributed by atoms with E-state index in [1.807, 2.05) is 23.9 Å². The average molecular weight is 246 g/mol. The molecular formula is C10H18N2OS2. The molecule has 0 aromatic heterocycles. The summed E-state index contributed by atoms with van der Waals surface area (Å²) in [4.78, 5) is 15.5. The van der Waals surface area contributed by atoms with E-state index < -0.39 is 0 Å². The van der Waals surface area contributed by atoms with Crippen LogP contribution in [-0.4, -0.2) is 46.5 Å². The van der Waals surface area contributed by atoms with Crippen LogP contribution in [0.15, 0.2) is 0 Å². The summed E-state index contributed by atoms with van der Waals surface area (Å²) >= 11 is 6.74. The number of rotatable bonds is 2. The maximum absolute atomic E-state index is 11.7. The van der Waals surface area contributed by atoms with Gasteiger partial charge in [0.15, 0.2) is 0 Å². The number of carbonyl (C=O) groups is 1. The van der Waals surface area contributed by atoms with Crippen LogP contribution in [-0.2, 0) is 4.79 Å². The first-order chi connectivity index (χ1) is 7.11. The summed E-state index contributed by atoms with van der Waals surface area (Å²) in [5.41, 5.74) is 0. The maximum atomic E-state index is 11.7. The third-order valence-electron chi connectivity index (χ3n) is 2.38. The molecule has 0 aromatic carbocycles. The Morgan fingerprint density at radius 1 is 1.47 bits per heavy atom. The van der Waals surface area contributed by atoms with Crippen molar-refractivity contribution in [2.24, 2.45) is 0 Å². The molecule has 1 heterocycles. The summed E-state index contributed by atoms with van der Waals surface area (Å²) in [6.45, 7) is 0.891. The number of carbonyl (C=O) groups excluding carboxylic acids is 1. The predicted octanol–water partition coefficient (Wildman–Crippen LogP) is 1.93. The van der Waals surface area contributed by atoms with Crippen LogP contribution in [0.1, 0.15) is 25.7 Å². The molecule has 1 fully saturated rings. The second kappa shape index (κ2) is 6.33. The Hall–Kier alpha value is -0.290. The summed E-state index contributed by atoms with van der Waals surface area (Å²) in [7, 11) is 3.86. The first-order valence-electron chi connectivity index (χ1n) is 5.23. The number of amides is 1. The van der Waals surface area contributed by atoms with Gasteiger partial charge in [-0.1, -0.05) is 30.4 Å². The highest BCUT2D eigenvalue weighted by Gasteiger charge is 2.16. The van der Waals surface area contributed by atoms with Gasteiger partial charge < -0.3 is 9.80 Å². The van der Waals surface area contributed by atoms with Crippen molar-refractivity contribution in [2.75, 3.05) is 26.5 Å². The molecule has 1 saturated heterocycles. The van der Waals surface area contributed by atoms with Crippen molar-refractivity contribution in [3.63, 3.8) is 0 Å². The number of hydrogen-bond donors (Lipinski definition) is 0. The topological polar surface area (TPSA) is 23.6 Å². The van der Waals surface area contributed by atoms with Gasteiger partial charge in [-0.3, -0.25) is 4.79 Å². The monoisotopic (exact) mass is 246 g/mol. The van der Waals surface area contributed by atoms with Gasteiger partial charge in [-0.05, 0) is 12.8 Å². The first kappa shape index (κ1) is 12.8. The van der Waals surface area contributed by atoms with Crippen LogP contribution in [0, 0.1) is 0 Å². The molecule has 15 heavy (non-hydrogen) atoms. The highest BCUT2D eigenvalue weighted by Crippen LogP contribution is 2.15. The average Bonchev–Trinajstić information content (AvgIpc) is 2.39. The highest BCUT2D eigenvalue weighted by molar-refractivity contribution is 8.22. The van der Waals surface area contributed by atoms with Gasteiger partial charge in [-0.2, -0.15) is 0 Å². The summed E-state index contributed by atoms with van der Waals surface area (Å²) in [5.74, 6) is 0.983. The second-order valence-corrected chi connectivity index (χ2v) is 5.48. The molecule has 1 aliphatic rings. The second-order valence-electron chi connectivity index (χ2n) is 3.90. The molecule has 0 N–H and O–H groups in total. The van der Waals surface area contributed by atoms with Crippen molar-refractivity contribution in [3.8, 4) is 0 Å². The standard InChI is InChI=1S/C10H18N2OS2/c1-11(2)10(14)15-8-12-7-5-3-4-6-9(12)13/h3-8H2,1-2H3. The minimum absolute atomic E-state index is 0.279. The molecule has 0 aromatic rings. The smallest absolute Gasteiger partial charge is 0.223 e. The molecule has 5 heteroatoms. The van der Waals surface area contributed by atoms with Gasteiger partial charge in [0.25, 0.3) is 0 Å². The van der Waals surface area contributed by atoms with Crippen LogP contribution in [0.4, 0.5) is 0 Å². The summed E-state index contributed by atoms with van der Waals surface area (Å²) in [6.07, 6.45) is 4.04.